The first-order chi connectivity index (χ1) is 12.3. The average Bonchev–Trinajstić information content (AvgIpc) is 2.99. The Bertz CT molecular complexity index is 537. The maximum Gasteiger partial charge on any atom is 0.151 e. The van der Waals surface area contributed by atoms with Gasteiger partial charge < -0.3 is 0 Å². The molecule has 0 radical (unpaired) electrons. The van der Waals surface area contributed by atoms with Gasteiger partial charge in [0.1, 0.15) is 0 Å². The summed E-state index contributed by atoms with van der Waals surface area (Å²) in [6, 6.07) is 8.43. The summed E-state index contributed by atoms with van der Waals surface area (Å²) < 4.78 is 0. The third kappa shape index (κ3) is 6.92. The lowest BCUT2D eigenvalue weighted by molar-refractivity contribution is 0.348. The molecule has 0 unspecified atom stereocenters. The van der Waals surface area contributed by atoms with Gasteiger partial charge in [-0.05, 0) is 37.8 Å². The Balaban J connectivity index is 1.86. The molecule has 1 aliphatic rings. The van der Waals surface area contributed by atoms with Crippen LogP contribution in [-0.2, 0) is 0 Å². The molecule has 1 aromatic carbocycles. The van der Waals surface area contributed by atoms with E-state index in [1.807, 2.05) is 0 Å². The fourth-order valence-electron chi connectivity index (χ4n) is 3.85. The number of unbranched alkanes of at least 4 members (excludes halogenated alkanes) is 10. The van der Waals surface area contributed by atoms with E-state index in [0.717, 1.165) is 23.6 Å². The van der Waals surface area contributed by atoms with E-state index in [9.17, 15) is 0 Å². The molecule has 140 valence electrons. The summed E-state index contributed by atoms with van der Waals surface area (Å²) in [4.78, 5) is 10.2. The first-order valence-corrected chi connectivity index (χ1v) is 10.8. The van der Waals surface area contributed by atoms with Crippen molar-refractivity contribution in [1.29, 1.82) is 0 Å². The van der Waals surface area contributed by atoms with Gasteiger partial charge in [0, 0.05) is 0 Å². The van der Waals surface area contributed by atoms with Crippen molar-refractivity contribution in [2.75, 3.05) is 0 Å². The second-order valence-corrected chi connectivity index (χ2v) is 7.73. The molecule has 0 saturated heterocycles. The van der Waals surface area contributed by atoms with Crippen molar-refractivity contribution < 1.29 is 0 Å². The van der Waals surface area contributed by atoms with Gasteiger partial charge >= 0.3 is 0 Å². The summed E-state index contributed by atoms with van der Waals surface area (Å²) in [6.45, 7) is 4.56. The van der Waals surface area contributed by atoms with Crippen molar-refractivity contribution in [2.24, 2.45) is 9.98 Å². The van der Waals surface area contributed by atoms with Crippen molar-refractivity contribution in [1.82, 2.24) is 0 Å². The maximum atomic E-state index is 5.08. The van der Waals surface area contributed by atoms with Gasteiger partial charge in [0.05, 0.1) is 10.7 Å². The first kappa shape index (κ1) is 20.1. The standard InChI is InChI=1S/C23H38N2/c1-3-5-7-9-11-15-19-23(20-16-12-10-8-6-4-2)24-21-17-13-14-18-22(21)25-23/h13-14,17-18H,3-12,15-16,19-20H2,1-2H3. The number of benzene rings is 1. The van der Waals surface area contributed by atoms with Gasteiger partial charge in [-0.15, -0.1) is 0 Å². The predicted molar refractivity (Wildman–Crippen MR) is 107 cm³/mol. The van der Waals surface area contributed by atoms with Gasteiger partial charge in [-0.25, -0.2) is 0 Å². The van der Waals surface area contributed by atoms with Crippen LogP contribution in [0.3, 0.4) is 0 Å². The number of hydrogen-bond acceptors (Lipinski definition) is 2. The van der Waals surface area contributed by atoms with Crippen LogP contribution in [0.25, 0.3) is 0 Å². The summed E-state index contributed by atoms with van der Waals surface area (Å²) in [5.41, 5.74) is -0.154. The van der Waals surface area contributed by atoms with E-state index in [1.165, 1.54) is 77.0 Å². The summed E-state index contributed by atoms with van der Waals surface area (Å²) in [5, 5.41) is 2.22. The van der Waals surface area contributed by atoms with Crippen LogP contribution in [0, 0.1) is 0 Å². The monoisotopic (exact) mass is 342 g/mol. The Morgan fingerprint density at radius 1 is 0.600 bits per heavy atom. The van der Waals surface area contributed by atoms with Crippen LogP contribution in [0.5, 0.6) is 0 Å². The smallest absolute Gasteiger partial charge is 0.151 e. The van der Waals surface area contributed by atoms with Crippen molar-refractivity contribution in [3.05, 3.63) is 35.0 Å². The summed E-state index contributed by atoms with van der Waals surface area (Å²) >= 11 is 0. The lowest BCUT2D eigenvalue weighted by atomic mass is 9.95. The molecule has 0 aromatic heterocycles. The summed E-state index contributed by atoms with van der Waals surface area (Å²) in [6.07, 6.45) is 18.4. The molecular formula is C23H38N2. The van der Waals surface area contributed by atoms with Crippen LogP contribution in [0.4, 0.5) is 0 Å². The highest BCUT2D eigenvalue weighted by molar-refractivity contribution is 5.07. The highest BCUT2D eigenvalue weighted by Crippen LogP contribution is 2.29. The van der Waals surface area contributed by atoms with Crippen LogP contribution < -0.4 is 10.7 Å². The largest absolute Gasteiger partial charge is 0.253 e. The zero-order chi connectivity index (χ0) is 17.8. The van der Waals surface area contributed by atoms with Gasteiger partial charge in [0.25, 0.3) is 0 Å². The highest BCUT2D eigenvalue weighted by atomic mass is 15.1. The van der Waals surface area contributed by atoms with E-state index in [-0.39, 0.29) is 5.66 Å². The molecule has 0 bridgehead atoms. The van der Waals surface area contributed by atoms with Gasteiger partial charge in [0.15, 0.2) is 5.66 Å². The van der Waals surface area contributed by atoms with Crippen molar-refractivity contribution in [3.63, 3.8) is 0 Å². The van der Waals surface area contributed by atoms with Crippen LogP contribution in [0.2, 0.25) is 0 Å². The molecule has 0 amide bonds. The molecule has 25 heavy (non-hydrogen) atoms. The van der Waals surface area contributed by atoms with Crippen molar-refractivity contribution >= 4 is 0 Å². The maximum absolute atomic E-state index is 5.08. The molecule has 0 saturated carbocycles. The van der Waals surface area contributed by atoms with Crippen molar-refractivity contribution in [3.8, 4) is 0 Å². The van der Waals surface area contributed by atoms with Gasteiger partial charge in [-0.1, -0.05) is 90.2 Å². The molecule has 0 spiro atoms. The Labute approximate surface area is 154 Å². The molecule has 1 aromatic rings. The van der Waals surface area contributed by atoms with Gasteiger partial charge in [0.2, 0.25) is 0 Å². The number of nitrogens with zero attached hydrogens (tertiary/aromatic N) is 2. The quantitative estimate of drug-likeness (QED) is 0.363. The lowest BCUT2D eigenvalue weighted by Crippen LogP contribution is -2.23. The minimum atomic E-state index is -0.154. The topological polar surface area (TPSA) is 24.7 Å². The van der Waals surface area contributed by atoms with E-state index >= 15 is 0 Å². The molecule has 1 heterocycles. The highest BCUT2D eigenvalue weighted by Gasteiger charge is 2.29. The second-order valence-electron chi connectivity index (χ2n) is 7.73. The molecule has 0 N–H and O–H groups in total. The minimum absolute atomic E-state index is 0.154. The van der Waals surface area contributed by atoms with Gasteiger partial charge in [-0.3, -0.25) is 9.98 Å². The van der Waals surface area contributed by atoms with E-state index in [1.54, 1.807) is 0 Å². The van der Waals surface area contributed by atoms with Gasteiger partial charge in [-0.2, -0.15) is 0 Å². The zero-order valence-corrected chi connectivity index (χ0v) is 16.6. The van der Waals surface area contributed by atoms with E-state index in [0.29, 0.717) is 0 Å². The Morgan fingerprint density at radius 2 is 1.00 bits per heavy atom. The van der Waals surface area contributed by atoms with Crippen LogP contribution in [0.1, 0.15) is 104 Å². The average molecular weight is 343 g/mol. The third-order valence-corrected chi connectivity index (χ3v) is 5.40. The number of fused-ring (bicyclic) bond motifs is 1. The fraction of sp³-hybridized carbons (Fsp3) is 0.739. The fourth-order valence-corrected chi connectivity index (χ4v) is 3.85. The van der Waals surface area contributed by atoms with Crippen LogP contribution in [0.15, 0.2) is 34.3 Å². The number of rotatable bonds is 14. The molecule has 0 atom stereocenters. The molecule has 1 aliphatic heterocycles. The van der Waals surface area contributed by atoms with Crippen LogP contribution in [-0.4, -0.2) is 5.66 Å². The molecule has 0 aliphatic carbocycles. The lowest BCUT2D eigenvalue weighted by Gasteiger charge is -2.23. The predicted octanol–water partition coefficient (Wildman–Crippen LogP) is 6.14. The number of hydrogen-bond donors (Lipinski definition) is 0. The Kier molecular flexibility index (Phi) is 9.21. The third-order valence-electron chi connectivity index (χ3n) is 5.40. The first-order valence-electron chi connectivity index (χ1n) is 10.8. The van der Waals surface area contributed by atoms with E-state index in [2.05, 4.69) is 38.1 Å². The molecular weight excluding hydrogens is 304 g/mol. The minimum Gasteiger partial charge on any atom is -0.253 e. The van der Waals surface area contributed by atoms with E-state index < -0.39 is 0 Å². The molecule has 2 heteroatoms. The summed E-state index contributed by atoms with van der Waals surface area (Å²) in [5.74, 6) is 0. The SMILES string of the molecule is CCCCCCCCC1(CCCCCCCC)N=c2ccccc2=N1. The molecule has 2 nitrogen and oxygen atoms in total. The summed E-state index contributed by atoms with van der Waals surface area (Å²) in [7, 11) is 0. The normalized spacial score (nSPS) is 14.8. The van der Waals surface area contributed by atoms with E-state index in [4.69, 9.17) is 9.98 Å². The second kappa shape index (κ2) is 11.4. The Morgan fingerprint density at radius 3 is 1.44 bits per heavy atom. The molecule has 2 rings (SSSR count). The number of para-hydroxylation sites is 2. The Hall–Kier alpha value is -1.18. The van der Waals surface area contributed by atoms with Crippen molar-refractivity contribution in [2.45, 2.75) is 109 Å². The van der Waals surface area contributed by atoms with Crippen LogP contribution >= 0.6 is 0 Å². The molecule has 0 fully saturated rings. The zero-order valence-electron chi connectivity index (χ0n) is 16.6.